The van der Waals surface area contributed by atoms with Gasteiger partial charge in [-0.1, -0.05) is 49.4 Å². The molecule has 0 saturated carbocycles. The first-order valence-corrected chi connectivity index (χ1v) is 9.03. The summed E-state index contributed by atoms with van der Waals surface area (Å²) in [5, 5.41) is 3.98. The van der Waals surface area contributed by atoms with Gasteiger partial charge in [0.1, 0.15) is 0 Å². The minimum atomic E-state index is -0.158. The van der Waals surface area contributed by atoms with Crippen molar-refractivity contribution in [2.45, 2.75) is 32.6 Å². The summed E-state index contributed by atoms with van der Waals surface area (Å²) in [5.74, 6) is -0.152. The number of fused-ring (bicyclic) bond motifs is 1. The van der Waals surface area contributed by atoms with Gasteiger partial charge in [0.2, 0.25) is 5.91 Å². The topological polar surface area (TPSA) is 62.0 Å². The van der Waals surface area contributed by atoms with Crippen LogP contribution < -0.4 is 10.9 Å². The van der Waals surface area contributed by atoms with E-state index in [0.717, 1.165) is 28.5 Å². The molecule has 3 aromatic rings. The van der Waals surface area contributed by atoms with Gasteiger partial charge in [0.25, 0.3) is 5.56 Å². The number of aryl methyl sites for hydroxylation is 1. The van der Waals surface area contributed by atoms with Crippen molar-refractivity contribution in [3.63, 3.8) is 0 Å². The highest BCUT2D eigenvalue weighted by Crippen LogP contribution is 2.19. The van der Waals surface area contributed by atoms with Gasteiger partial charge in [-0.05, 0) is 48.4 Å². The van der Waals surface area contributed by atoms with E-state index in [9.17, 15) is 9.59 Å². The Bertz CT molecular complexity index is 961. The number of aromatic amines is 1. The molecule has 134 valence electrons. The third-order valence-electron chi connectivity index (χ3n) is 4.70. The maximum atomic E-state index is 12.5. The Morgan fingerprint density at radius 2 is 1.88 bits per heavy atom. The van der Waals surface area contributed by atoms with Crippen LogP contribution in [0.5, 0.6) is 0 Å². The third kappa shape index (κ3) is 4.02. The van der Waals surface area contributed by atoms with Gasteiger partial charge in [0.05, 0.1) is 5.92 Å². The van der Waals surface area contributed by atoms with Crippen LogP contribution in [0, 0.1) is 6.92 Å². The lowest BCUT2D eigenvalue weighted by atomic mass is 9.95. The van der Waals surface area contributed by atoms with Crippen LogP contribution >= 0.6 is 0 Å². The van der Waals surface area contributed by atoms with Gasteiger partial charge < -0.3 is 10.3 Å². The average Bonchev–Trinajstić information content (AvgIpc) is 2.64. The molecule has 4 nitrogen and oxygen atoms in total. The quantitative estimate of drug-likeness (QED) is 0.714. The van der Waals surface area contributed by atoms with Crippen molar-refractivity contribution in [2.75, 3.05) is 6.54 Å². The fourth-order valence-corrected chi connectivity index (χ4v) is 3.25. The summed E-state index contributed by atoms with van der Waals surface area (Å²) in [4.78, 5) is 27.7. The third-order valence-corrected chi connectivity index (χ3v) is 4.70. The number of rotatable bonds is 6. The van der Waals surface area contributed by atoms with Crippen molar-refractivity contribution in [3.8, 4) is 0 Å². The summed E-state index contributed by atoms with van der Waals surface area (Å²) >= 11 is 0. The smallest absolute Gasteiger partial charge is 0.251 e. The molecule has 4 heteroatoms. The number of aromatic nitrogens is 1. The lowest BCUT2D eigenvalue weighted by Crippen LogP contribution is -2.31. The zero-order valence-corrected chi connectivity index (χ0v) is 15.2. The molecule has 0 aliphatic carbocycles. The molecule has 0 aliphatic heterocycles. The molecular weight excluding hydrogens is 324 g/mol. The monoisotopic (exact) mass is 348 g/mol. The van der Waals surface area contributed by atoms with Crippen LogP contribution in [-0.4, -0.2) is 17.4 Å². The largest absolute Gasteiger partial charge is 0.355 e. The molecule has 0 aliphatic rings. The molecule has 0 radical (unpaired) electrons. The van der Waals surface area contributed by atoms with Gasteiger partial charge in [0.15, 0.2) is 0 Å². The van der Waals surface area contributed by atoms with Crippen molar-refractivity contribution in [2.24, 2.45) is 0 Å². The van der Waals surface area contributed by atoms with Crippen LogP contribution in [0.25, 0.3) is 10.9 Å². The molecule has 2 aromatic carbocycles. The summed E-state index contributed by atoms with van der Waals surface area (Å²) in [6.07, 6.45) is 1.25. The van der Waals surface area contributed by atoms with Crippen LogP contribution in [0.3, 0.4) is 0 Å². The maximum absolute atomic E-state index is 12.5. The molecule has 0 saturated heterocycles. The predicted octanol–water partition coefficient (Wildman–Crippen LogP) is 3.69. The van der Waals surface area contributed by atoms with Crippen LogP contribution in [0.15, 0.2) is 59.4 Å². The minimum Gasteiger partial charge on any atom is -0.355 e. The van der Waals surface area contributed by atoms with E-state index < -0.39 is 0 Å². The lowest BCUT2D eigenvalue weighted by molar-refractivity contribution is -0.122. The maximum Gasteiger partial charge on any atom is 0.251 e. The second-order valence-electron chi connectivity index (χ2n) is 6.63. The Morgan fingerprint density at radius 3 is 2.62 bits per heavy atom. The molecule has 1 aromatic heterocycles. The summed E-state index contributed by atoms with van der Waals surface area (Å²) < 4.78 is 0. The van der Waals surface area contributed by atoms with E-state index >= 15 is 0 Å². The van der Waals surface area contributed by atoms with Gasteiger partial charge in [-0.15, -0.1) is 0 Å². The summed E-state index contributed by atoms with van der Waals surface area (Å²) in [7, 11) is 0. The molecule has 3 rings (SSSR count). The van der Waals surface area contributed by atoms with Gasteiger partial charge >= 0.3 is 0 Å². The van der Waals surface area contributed by atoms with E-state index in [1.807, 2.05) is 68.4 Å². The standard InChI is InChI=1S/C22H24N2O2/c1-3-19(16-7-5-4-6-8-16)22(26)23-12-11-18-14-17-10-9-15(2)13-20(17)24-21(18)25/h4-10,13-14,19H,3,11-12H2,1-2H3,(H,23,26)(H,24,25)/t19-/m1/s1. The van der Waals surface area contributed by atoms with Crippen LogP contribution in [0.2, 0.25) is 0 Å². The Kier molecular flexibility index (Phi) is 5.52. The van der Waals surface area contributed by atoms with Crippen LogP contribution in [0.4, 0.5) is 0 Å². The number of hydrogen-bond donors (Lipinski definition) is 2. The Morgan fingerprint density at radius 1 is 1.12 bits per heavy atom. The average molecular weight is 348 g/mol. The zero-order valence-electron chi connectivity index (χ0n) is 15.2. The van der Waals surface area contributed by atoms with Crippen molar-refractivity contribution < 1.29 is 4.79 Å². The van der Waals surface area contributed by atoms with E-state index in [1.165, 1.54) is 0 Å². The van der Waals surface area contributed by atoms with Crippen LogP contribution in [0.1, 0.15) is 36.0 Å². The zero-order chi connectivity index (χ0) is 18.5. The SMILES string of the molecule is CC[C@@H](C(=O)NCCc1cc2ccc(C)cc2[nH]c1=O)c1ccccc1. The molecule has 0 spiro atoms. The Labute approximate surface area is 153 Å². The Balaban J connectivity index is 1.66. The van der Waals surface area contributed by atoms with E-state index in [4.69, 9.17) is 0 Å². The fraction of sp³-hybridized carbons (Fsp3) is 0.273. The molecule has 0 fully saturated rings. The predicted molar refractivity (Wildman–Crippen MR) is 105 cm³/mol. The molecule has 2 N–H and O–H groups in total. The highest BCUT2D eigenvalue weighted by atomic mass is 16.2. The molecule has 0 unspecified atom stereocenters. The number of amides is 1. The lowest BCUT2D eigenvalue weighted by Gasteiger charge is -2.15. The molecule has 1 heterocycles. The summed E-state index contributed by atoms with van der Waals surface area (Å²) in [6, 6.07) is 17.7. The van der Waals surface area contributed by atoms with Gasteiger partial charge in [-0.2, -0.15) is 0 Å². The highest BCUT2D eigenvalue weighted by molar-refractivity contribution is 5.83. The molecule has 26 heavy (non-hydrogen) atoms. The van der Waals surface area contributed by atoms with Crippen molar-refractivity contribution >= 4 is 16.8 Å². The van der Waals surface area contributed by atoms with Gasteiger partial charge in [0, 0.05) is 17.6 Å². The van der Waals surface area contributed by atoms with Crippen LogP contribution in [-0.2, 0) is 11.2 Å². The second-order valence-corrected chi connectivity index (χ2v) is 6.63. The number of nitrogens with one attached hydrogen (secondary N) is 2. The van der Waals surface area contributed by atoms with Crippen molar-refractivity contribution in [1.82, 2.24) is 10.3 Å². The van der Waals surface area contributed by atoms with Gasteiger partial charge in [-0.25, -0.2) is 0 Å². The van der Waals surface area contributed by atoms with E-state index in [2.05, 4.69) is 10.3 Å². The normalized spacial score (nSPS) is 12.1. The molecule has 1 amide bonds. The van der Waals surface area contributed by atoms with E-state index in [0.29, 0.717) is 18.5 Å². The first kappa shape index (κ1) is 17.9. The minimum absolute atomic E-state index is 0.00606. The molecule has 0 bridgehead atoms. The van der Waals surface area contributed by atoms with E-state index in [1.54, 1.807) is 0 Å². The summed E-state index contributed by atoms with van der Waals surface area (Å²) in [5.41, 5.74) is 3.57. The molecular formula is C22H24N2O2. The van der Waals surface area contributed by atoms with E-state index in [-0.39, 0.29) is 17.4 Å². The number of carbonyl (C=O) groups is 1. The molecule has 1 atom stereocenters. The van der Waals surface area contributed by atoms with Crippen molar-refractivity contribution in [1.29, 1.82) is 0 Å². The second kappa shape index (κ2) is 8.00. The summed E-state index contributed by atoms with van der Waals surface area (Å²) in [6.45, 7) is 4.45. The number of benzene rings is 2. The van der Waals surface area contributed by atoms with Gasteiger partial charge in [-0.3, -0.25) is 9.59 Å². The fourth-order valence-electron chi connectivity index (χ4n) is 3.25. The number of pyridine rings is 1. The number of hydrogen-bond acceptors (Lipinski definition) is 2. The number of H-pyrrole nitrogens is 1. The Hall–Kier alpha value is -2.88. The number of carbonyl (C=O) groups excluding carboxylic acids is 1. The van der Waals surface area contributed by atoms with Crippen molar-refractivity contribution in [3.05, 3.63) is 81.6 Å². The first-order chi connectivity index (χ1) is 12.6. The first-order valence-electron chi connectivity index (χ1n) is 9.03. The highest BCUT2D eigenvalue weighted by Gasteiger charge is 2.17.